The normalized spacial score (nSPS) is 53.9. The molecule has 27 heavy (non-hydrogen) atoms. The van der Waals surface area contributed by atoms with Gasteiger partial charge in [0.05, 0.1) is 0 Å². The van der Waals surface area contributed by atoms with Crippen LogP contribution in [-0.4, -0.2) is 21.4 Å². The smallest absolute Gasteiger partial charge is 0.304 e. The number of rotatable bonds is 1. The second kappa shape index (κ2) is 5.76. The molecule has 8 atom stereocenters. The average molecular weight is 382 g/mol. The summed E-state index contributed by atoms with van der Waals surface area (Å²) in [4.78, 5) is 0. The standard InChI is InChI=1S/C22H29F3O2/c1-4-21(26)11-13-5-6-14-15(19(13,2)12-21)7-9-20(3)16(14)8-10-22(20,27)17(23)18(24)25/h1,13-16,26-27H,5-12H2,2-3H3/t13-,14+,15-,16-,19-,20-,21+,22+/m0/s1. The molecule has 0 aliphatic heterocycles. The van der Waals surface area contributed by atoms with Gasteiger partial charge in [0.2, 0.25) is 0 Å². The number of terminal acetylenes is 1. The van der Waals surface area contributed by atoms with Crippen LogP contribution in [0.25, 0.3) is 0 Å². The third kappa shape index (κ3) is 2.35. The number of hydrogen-bond donors (Lipinski definition) is 2. The highest BCUT2D eigenvalue weighted by Gasteiger charge is 2.68. The van der Waals surface area contributed by atoms with Gasteiger partial charge in [0.1, 0.15) is 11.2 Å². The van der Waals surface area contributed by atoms with Crippen molar-refractivity contribution in [1.82, 2.24) is 0 Å². The van der Waals surface area contributed by atoms with E-state index in [4.69, 9.17) is 6.42 Å². The molecule has 150 valence electrons. The lowest BCUT2D eigenvalue weighted by Crippen LogP contribution is -2.55. The van der Waals surface area contributed by atoms with Crippen molar-refractivity contribution in [3.05, 3.63) is 11.9 Å². The summed E-state index contributed by atoms with van der Waals surface area (Å²) in [7, 11) is 0. The summed E-state index contributed by atoms with van der Waals surface area (Å²) in [6, 6.07) is 0. The number of halogens is 3. The van der Waals surface area contributed by atoms with Crippen molar-refractivity contribution < 1.29 is 23.4 Å². The van der Waals surface area contributed by atoms with Crippen LogP contribution in [0.15, 0.2) is 11.9 Å². The number of fused-ring (bicyclic) bond motifs is 5. The van der Waals surface area contributed by atoms with Crippen LogP contribution in [0.3, 0.4) is 0 Å². The molecular formula is C22H29F3O2. The van der Waals surface area contributed by atoms with E-state index in [-0.39, 0.29) is 23.7 Å². The first-order chi connectivity index (χ1) is 12.5. The molecule has 4 fully saturated rings. The van der Waals surface area contributed by atoms with Crippen molar-refractivity contribution in [3.63, 3.8) is 0 Å². The quantitative estimate of drug-likeness (QED) is 0.639. The molecule has 4 saturated carbocycles. The molecule has 4 rings (SSSR count). The van der Waals surface area contributed by atoms with E-state index in [1.54, 1.807) is 6.92 Å². The Bertz CT molecular complexity index is 726. The van der Waals surface area contributed by atoms with E-state index < -0.39 is 28.5 Å². The van der Waals surface area contributed by atoms with Gasteiger partial charge in [0.25, 0.3) is 0 Å². The van der Waals surface area contributed by atoms with Crippen molar-refractivity contribution in [1.29, 1.82) is 0 Å². The van der Waals surface area contributed by atoms with Crippen molar-refractivity contribution in [3.8, 4) is 12.3 Å². The zero-order chi connectivity index (χ0) is 19.8. The summed E-state index contributed by atoms with van der Waals surface area (Å²) in [6.45, 7) is 4.01. The maximum atomic E-state index is 14.3. The van der Waals surface area contributed by atoms with Crippen LogP contribution in [0.4, 0.5) is 13.2 Å². The number of aliphatic hydroxyl groups is 2. The van der Waals surface area contributed by atoms with Crippen LogP contribution < -0.4 is 0 Å². The van der Waals surface area contributed by atoms with Gasteiger partial charge in [0, 0.05) is 5.41 Å². The van der Waals surface area contributed by atoms with E-state index in [1.165, 1.54) is 0 Å². The lowest BCUT2D eigenvalue weighted by Gasteiger charge is -2.58. The maximum Gasteiger partial charge on any atom is 0.304 e. The largest absolute Gasteiger partial charge is 0.382 e. The van der Waals surface area contributed by atoms with Gasteiger partial charge in [-0.2, -0.15) is 8.78 Å². The van der Waals surface area contributed by atoms with E-state index in [1.807, 2.05) is 0 Å². The topological polar surface area (TPSA) is 40.5 Å². The first kappa shape index (κ1) is 19.3. The van der Waals surface area contributed by atoms with Gasteiger partial charge < -0.3 is 10.2 Å². The van der Waals surface area contributed by atoms with Crippen LogP contribution in [0.5, 0.6) is 0 Å². The molecule has 0 unspecified atom stereocenters. The van der Waals surface area contributed by atoms with Gasteiger partial charge in [-0.1, -0.05) is 19.8 Å². The highest BCUT2D eigenvalue weighted by Crippen LogP contribution is 2.70. The van der Waals surface area contributed by atoms with Crippen molar-refractivity contribution >= 4 is 0 Å². The minimum atomic E-state index is -2.40. The van der Waals surface area contributed by atoms with Gasteiger partial charge in [-0.15, -0.1) is 6.42 Å². The predicted octanol–water partition coefficient (Wildman–Crippen LogP) is 4.81. The average Bonchev–Trinajstić information content (AvgIpc) is 3.05. The molecule has 0 aromatic carbocycles. The SMILES string of the molecule is C#C[C@@]1(O)C[C@@H]2CC[C@@H]3[C@H](CC[C@@]4(C)[C@H]3CC[C@@]4(O)C(F)=C(F)F)[C@@]2(C)C1. The van der Waals surface area contributed by atoms with Gasteiger partial charge in [-0.05, 0) is 80.5 Å². The first-order valence-electron chi connectivity index (χ1n) is 10.1. The summed E-state index contributed by atoms with van der Waals surface area (Å²) in [5.74, 6) is 1.93. The third-order valence-electron chi connectivity index (χ3n) is 9.27. The van der Waals surface area contributed by atoms with Crippen molar-refractivity contribution in [2.24, 2.45) is 34.5 Å². The molecule has 0 aromatic rings. The molecule has 0 spiro atoms. The zero-order valence-corrected chi connectivity index (χ0v) is 16.1. The van der Waals surface area contributed by atoms with E-state index >= 15 is 0 Å². The molecule has 4 aliphatic carbocycles. The molecule has 5 heteroatoms. The molecule has 0 saturated heterocycles. The minimum Gasteiger partial charge on any atom is -0.382 e. The second-order valence-electron chi connectivity index (χ2n) is 10.1. The Morgan fingerprint density at radius 3 is 2.30 bits per heavy atom. The zero-order valence-electron chi connectivity index (χ0n) is 16.1. The summed E-state index contributed by atoms with van der Waals surface area (Å²) in [6.07, 6.45) is 8.18. The van der Waals surface area contributed by atoms with E-state index in [9.17, 15) is 23.4 Å². The van der Waals surface area contributed by atoms with Crippen LogP contribution in [0.2, 0.25) is 0 Å². The van der Waals surface area contributed by atoms with Crippen molar-refractivity contribution in [2.75, 3.05) is 0 Å². The fraction of sp³-hybridized carbons (Fsp3) is 0.818. The fourth-order valence-electron chi connectivity index (χ4n) is 7.90. The Kier molecular flexibility index (Phi) is 4.13. The van der Waals surface area contributed by atoms with Gasteiger partial charge in [0.15, 0.2) is 5.83 Å². The Morgan fingerprint density at radius 1 is 1.00 bits per heavy atom. The molecule has 0 radical (unpaired) electrons. The fourth-order valence-corrected chi connectivity index (χ4v) is 7.90. The van der Waals surface area contributed by atoms with Crippen LogP contribution >= 0.6 is 0 Å². The van der Waals surface area contributed by atoms with Gasteiger partial charge in [-0.3, -0.25) is 0 Å². The second-order valence-corrected chi connectivity index (χ2v) is 10.1. The van der Waals surface area contributed by atoms with Crippen LogP contribution in [-0.2, 0) is 0 Å². The highest BCUT2D eigenvalue weighted by molar-refractivity contribution is 5.25. The molecule has 0 amide bonds. The van der Waals surface area contributed by atoms with Gasteiger partial charge in [-0.25, -0.2) is 4.39 Å². The van der Waals surface area contributed by atoms with Crippen LogP contribution in [0.1, 0.15) is 65.2 Å². The van der Waals surface area contributed by atoms with E-state index in [2.05, 4.69) is 12.8 Å². The lowest BCUT2D eigenvalue weighted by atomic mass is 9.47. The van der Waals surface area contributed by atoms with Gasteiger partial charge >= 0.3 is 6.08 Å². The highest BCUT2D eigenvalue weighted by atomic mass is 19.3. The molecule has 4 aliphatic rings. The molecule has 0 heterocycles. The monoisotopic (exact) mass is 382 g/mol. The Morgan fingerprint density at radius 2 is 1.67 bits per heavy atom. The Balaban J connectivity index is 1.68. The predicted molar refractivity (Wildman–Crippen MR) is 96.2 cm³/mol. The molecule has 0 bridgehead atoms. The van der Waals surface area contributed by atoms with E-state index in [0.717, 1.165) is 19.3 Å². The summed E-state index contributed by atoms with van der Waals surface area (Å²) < 4.78 is 40.4. The number of hydrogen-bond acceptors (Lipinski definition) is 2. The summed E-state index contributed by atoms with van der Waals surface area (Å²) in [5.41, 5.74) is -4.07. The molecule has 0 aromatic heterocycles. The molecular weight excluding hydrogens is 353 g/mol. The van der Waals surface area contributed by atoms with Crippen LogP contribution in [0, 0.1) is 46.8 Å². The summed E-state index contributed by atoms with van der Waals surface area (Å²) >= 11 is 0. The Labute approximate surface area is 159 Å². The molecule has 2 N–H and O–H groups in total. The lowest BCUT2D eigenvalue weighted by molar-refractivity contribution is -0.134. The minimum absolute atomic E-state index is 0.0173. The van der Waals surface area contributed by atoms with E-state index in [0.29, 0.717) is 37.5 Å². The van der Waals surface area contributed by atoms with Crippen molar-refractivity contribution in [2.45, 2.75) is 76.4 Å². The third-order valence-corrected chi connectivity index (χ3v) is 9.27. The molecule has 2 nitrogen and oxygen atoms in total. The summed E-state index contributed by atoms with van der Waals surface area (Å²) in [5, 5.41) is 21.7. The Hall–Kier alpha value is -0.990. The maximum absolute atomic E-state index is 14.3. The first-order valence-corrected chi connectivity index (χ1v) is 10.1.